The van der Waals surface area contributed by atoms with Crippen molar-refractivity contribution in [3.63, 3.8) is 0 Å². The maximum atomic E-state index is 12.8. The normalized spacial score (nSPS) is 11.7. The molecule has 0 saturated carbocycles. The molecule has 0 heterocycles. The van der Waals surface area contributed by atoms with E-state index in [-0.39, 0.29) is 11.0 Å². The first kappa shape index (κ1) is 20.9. The molecule has 0 aliphatic rings. The topological polar surface area (TPSA) is 29.5 Å². The predicted octanol–water partition coefficient (Wildman–Crippen LogP) is 6.85. The van der Waals surface area contributed by atoms with Crippen molar-refractivity contribution >= 4 is 11.8 Å². The van der Waals surface area contributed by atoms with E-state index in [2.05, 4.69) is 0 Å². The van der Waals surface area contributed by atoms with Crippen LogP contribution in [0.15, 0.2) is 95.9 Å². The van der Waals surface area contributed by atoms with Crippen molar-refractivity contribution in [1.29, 1.82) is 0 Å². The van der Waals surface area contributed by atoms with E-state index in [4.69, 9.17) is 4.74 Å². The van der Waals surface area contributed by atoms with Gasteiger partial charge in [0.25, 0.3) is 6.08 Å². The lowest BCUT2D eigenvalue weighted by atomic mass is 10.1. The summed E-state index contributed by atoms with van der Waals surface area (Å²) in [5.41, 5.74) is 2.17. The molecule has 0 aromatic heterocycles. The van der Waals surface area contributed by atoms with Crippen LogP contribution in [-0.2, 0) is 13.0 Å². The fourth-order valence-corrected chi connectivity index (χ4v) is 3.87. The molecular formula is C24H22F2O2S. The maximum Gasteiger partial charge on any atom is 0.267 e. The smallest absolute Gasteiger partial charge is 0.267 e. The Labute approximate surface area is 173 Å². The molecule has 1 N–H and O–H groups in total. The minimum atomic E-state index is -1.68. The van der Waals surface area contributed by atoms with Crippen molar-refractivity contribution in [2.45, 2.75) is 29.6 Å². The Hall–Kier alpha value is -2.79. The number of aromatic hydroxyl groups is 1. The lowest BCUT2D eigenvalue weighted by molar-refractivity contribution is 0.306. The fourth-order valence-electron chi connectivity index (χ4n) is 2.82. The molecule has 29 heavy (non-hydrogen) atoms. The van der Waals surface area contributed by atoms with Gasteiger partial charge in [-0.15, -0.1) is 11.8 Å². The van der Waals surface area contributed by atoms with Crippen LogP contribution in [0.3, 0.4) is 0 Å². The van der Waals surface area contributed by atoms with Crippen LogP contribution in [0.2, 0.25) is 0 Å². The Morgan fingerprint density at radius 1 is 0.897 bits per heavy atom. The number of halogens is 2. The highest BCUT2D eigenvalue weighted by Gasteiger charge is 2.11. The van der Waals surface area contributed by atoms with Crippen molar-refractivity contribution < 1.29 is 18.6 Å². The van der Waals surface area contributed by atoms with E-state index in [1.54, 1.807) is 24.3 Å². The number of aryl methyl sites for hydroxylation is 1. The van der Waals surface area contributed by atoms with E-state index in [1.807, 2.05) is 54.6 Å². The van der Waals surface area contributed by atoms with Crippen molar-refractivity contribution in [3.8, 4) is 11.5 Å². The minimum Gasteiger partial charge on any atom is -0.508 e. The third-order valence-corrected chi connectivity index (χ3v) is 5.54. The van der Waals surface area contributed by atoms with E-state index in [0.29, 0.717) is 19.4 Å². The second kappa shape index (κ2) is 10.7. The van der Waals surface area contributed by atoms with Crippen LogP contribution in [0.4, 0.5) is 8.78 Å². The Kier molecular flexibility index (Phi) is 7.70. The summed E-state index contributed by atoms with van der Waals surface area (Å²) in [6, 6.07) is 24.3. The van der Waals surface area contributed by atoms with Gasteiger partial charge in [-0.25, -0.2) is 0 Å². The highest BCUT2D eigenvalue weighted by molar-refractivity contribution is 8.00. The average molecular weight is 413 g/mol. The van der Waals surface area contributed by atoms with Crippen LogP contribution in [-0.4, -0.2) is 10.4 Å². The fraction of sp³-hybridized carbons (Fsp3) is 0.167. The van der Waals surface area contributed by atoms with Gasteiger partial charge in [0, 0.05) is 10.1 Å². The van der Waals surface area contributed by atoms with Gasteiger partial charge >= 0.3 is 0 Å². The predicted molar refractivity (Wildman–Crippen MR) is 114 cm³/mol. The van der Waals surface area contributed by atoms with Gasteiger partial charge < -0.3 is 9.84 Å². The Balaban J connectivity index is 1.54. The summed E-state index contributed by atoms with van der Waals surface area (Å²) in [7, 11) is 0. The Bertz CT molecular complexity index is 906. The van der Waals surface area contributed by atoms with Crippen molar-refractivity contribution in [3.05, 3.63) is 102 Å². The average Bonchev–Trinajstić information content (AvgIpc) is 2.73. The van der Waals surface area contributed by atoms with Gasteiger partial charge in [-0.2, -0.15) is 8.78 Å². The molecule has 0 bridgehead atoms. The number of ether oxygens (including phenoxy) is 1. The largest absolute Gasteiger partial charge is 0.508 e. The zero-order chi connectivity index (χ0) is 20.5. The van der Waals surface area contributed by atoms with Gasteiger partial charge in [-0.05, 0) is 66.4 Å². The molecular weight excluding hydrogens is 390 g/mol. The van der Waals surface area contributed by atoms with Gasteiger partial charge in [0.2, 0.25) is 0 Å². The number of phenolic OH excluding ortho intramolecular Hbond substituents is 1. The molecule has 2 nitrogen and oxygen atoms in total. The molecule has 0 aliphatic carbocycles. The molecule has 0 radical (unpaired) electrons. The van der Waals surface area contributed by atoms with Gasteiger partial charge in [-0.1, -0.05) is 42.5 Å². The first-order valence-corrected chi connectivity index (χ1v) is 10.2. The van der Waals surface area contributed by atoms with Crippen molar-refractivity contribution in [2.24, 2.45) is 0 Å². The molecule has 0 spiro atoms. The number of phenols is 1. The van der Waals surface area contributed by atoms with E-state index >= 15 is 0 Å². The van der Waals surface area contributed by atoms with Crippen LogP contribution >= 0.6 is 11.8 Å². The summed E-state index contributed by atoms with van der Waals surface area (Å²) in [6.07, 6.45) is 0.575. The summed E-state index contributed by atoms with van der Waals surface area (Å²) >= 11 is 1.36. The maximum absolute atomic E-state index is 12.8. The van der Waals surface area contributed by atoms with Gasteiger partial charge in [0.05, 0.1) is 0 Å². The number of thioether (sulfide) groups is 1. The van der Waals surface area contributed by atoms with Crippen LogP contribution < -0.4 is 4.74 Å². The van der Waals surface area contributed by atoms with Crippen molar-refractivity contribution in [1.82, 2.24) is 0 Å². The van der Waals surface area contributed by atoms with Crippen LogP contribution in [0.25, 0.3) is 0 Å². The first-order valence-electron chi connectivity index (χ1n) is 9.32. The molecule has 3 aromatic rings. The minimum absolute atomic E-state index is 0.160. The number of benzene rings is 3. The van der Waals surface area contributed by atoms with Gasteiger partial charge in [0.1, 0.15) is 18.1 Å². The van der Waals surface area contributed by atoms with Crippen LogP contribution in [0.1, 0.15) is 17.5 Å². The van der Waals surface area contributed by atoms with Crippen LogP contribution in [0, 0.1) is 0 Å². The SMILES string of the molecule is Oc1ccc(S[C@@H](C=C(F)F)CCc2ccc(OCc3ccccc3)cc2)cc1. The summed E-state index contributed by atoms with van der Waals surface area (Å²) < 4.78 is 31.5. The molecule has 0 amide bonds. The van der Waals surface area contributed by atoms with E-state index in [1.165, 1.54) is 11.8 Å². The number of hydrogen-bond donors (Lipinski definition) is 1. The number of hydrogen-bond acceptors (Lipinski definition) is 3. The highest BCUT2D eigenvalue weighted by atomic mass is 32.2. The molecule has 150 valence electrons. The third-order valence-electron chi connectivity index (χ3n) is 4.33. The van der Waals surface area contributed by atoms with Crippen molar-refractivity contribution in [2.75, 3.05) is 0 Å². The lowest BCUT2D eigenvalue weighted by Gasteiger charge is -2.13. The molecule has 0 unspecified atom stereocenters. The molecule has 3 rings (SSSR count). The van der Waals surface area contributed by atoms with Gasteiger partial charge in [0.15, 0.2) is 0 Å². The van der Waals surface area contributed by atoms with E-state index in [0.717, 1.165) is 27.8 Å². The van der Waals surface area contributed by atoms with Gasteiger partial charge in [-0.3, -0.25) is 0 Å². The number of rotatable bonds is 9. The third kappa shape index (κ3) is 7.27. The zero-order valence-corrected chi connectivity index (χ0v) is 16.6. The molecule has 5 heteroatoms. The Morgan fingerprint density at radius 3 is 2.24 bits per heavy atom. The molecule has 0 fully saturated rings. The molecule has 0 saturated heterocycles. The zero-order valence-electron chi connectivity index (χ0n) is 15.8. The second-order valence-electron chi connectivity index (χ2n) is 6.56. The molecule has 3 aromatic carbocycles. The lowest BCUT2D eigenvalue weighted by Crippen LogP contribution is -2.02. The Morgan fingerprint density at radius 2 is 1.59 bits per heavy atom. The summed E-state index contributed by atoms with van der Waals surface area (Å²) in [5, 5.41) is 9.01. The van der Waals surface area contributed by atoms with E-state index < -0.39 is 6.08 Å². The first-order chi connectivity index (χ1) is 14.1. The quantitative estimate of drug-likeness (QED) is 0.390. The highest BCUT2D eigenvalue weighted by Crippen LogP contribution is 2.30. The van der Waals surface area contributed by atoms with Crippen LogP contribution in [0.5, 0.6) is 11.5 Å². The second-order valence-corrected chi connectivity index (χ2v) is 7.88. The monoisotopic (exact) mass is 412 g/mol. The standard InChI is InChI=1S/C24H22F2O2S/c25-24(26)16-23(29-22-14-9-20(27)10-15-22)13-8-18-6-11-21(12-7-18)28-17-19-4-2-1-3-5-19/h1-7,9-12,14-16,23,27H,8,13,17H2/t23-/m1/s1. The summed E-state index contributed by atoms with van der Waals surface area (Å²) in [6.45, 7) is 0.506. The summed E-state index contributed by atoms with van der Waals surface area (Å²) in [5.74, 6) is 0.940. The molecule has 0 aliphatic heterocycles. The molecule has 1 atom stereocenters. The van der Waals surface area contributed by atoms with E-state index in [9.17, 15) is 13.9 Å². The summed E-state index contributed by atoms with van der Waals surface area (Å²) in [4.78, 5) is 0.843.